The van der Waals surface area contributed by atoms with E-state index in [0.29, 0.717) is 25.2 Å². The van der Waals surface area contributed by atoms with Crippen molar-refractivity contribution < 1.29 is 14.7 Å². The highest BCUT2D eigenvalue weighted by Gasteiger charge is 2.54. The Morgan fingerprint density at radius 3 is 2.11 bits per heavy atom. The van der Waals surface area contributed by atoms with E-state index in [9.17, 15) is 14.7 Å². The largest absolute Gasteiger partial charge is 0.508 e. The van der Waals surface area contributed by atoms with Crippen molar-refractivity contribution in [3.8, 4) is 5.75 Å². The van der Waals surface area contributed by atoms with E-state index in [0.717, 1.165) is 61.4 Å². The van der Waals surface area contributed by atoms with Crippen molar-refractivity contribution >= 4 is 17.5 Å². The van der Waals surface area contributed by atoms with Crippen molar-refractivity contribution in [2.75, 3.05) is 31.1 Å². The molecule has 0 unspecified atom stereocenters. The predicted molar refractivity (Wildman–Crippen MR) is 135 cm³/mol. The van der Waals surface area contributed by atoms with Crippen LogP contribution in [0.25, 0.3) is 0 Å². The average Bonchev–Trinajstić information content (AvgIpc) is 2.86. The zero-order valence-corrected chi connectivity index (χ0v) is 20.3. The summed E-state index contributed by atoms with van der Waals surface area (Å²) in [5, 5.41) is 13.0. The minimum Gasteiger partial charge on any atom is -0.508 e. The molecule has 0 aromatic heterocycles. The summed E-state index contributed by atoms with van der Waals surface area (Å²) in [6, 6.07) is 15.0. The van der Waals surface area contributed by atoms with Crippen LogP contribution >= 0.6 is 0 Å². The minimum absolute atomic E-state index is 0.0460. The summed E-state index contributed by atoms with van der Waals surface area (Å²) >= 11 is 0. The zero-order chi connectivity index (χ0) is 24.0. The van der Waals surface area contributed by atoms with Crippen LogP contribution in [0, 0.1) is 23.2 Å². The number of carbonyl (C=O) groups excluding carboxylic acids is 2. The summed E-state index contributed by atoms with van der Waals surface area (Å²) in [5.41, 5.74) is 2.59. The summed E-state index contributed by atoms with van der Waals surface area (Å²) in [6.45, 7) is 3.31. The van der Waals surface area contributed by atoms with E-state index in [1.807, 2.05) is 41.3 Å². The van der Waals surface area contributed by atoms with Gasteiger partial charge in [-0.25, -0.2) is 0 Å². The third kappa shape index (κ3) is 4.39. The smallest absolute Gasteiger partial charge is 0.253 e. The second-order valence-electron chi connectivity index (χ2n) is 11.4. The van der Waals surface area contributed by atoms with Gasteiger partial charge >= 0.3 is 0 Å². The standard InChI is InChI=1S/C29H35N3O3/c33-26-3-1-2-25(15-26)31-8-10-32(11-9-31)27(34)24-6-4-20(5-7-24)19-30-28(35)29-16-21-12-22(17-29)14-23(13-21)18-29/h1-7,15,21-23,33H,8-14,16-19H2,(H,30,35). The lowest BCUT2D eigenvalue weighted by Crippen LogP contribution is -2.53. The lowest BCUT2D eigenvalue weighted by atomic mass is 9.49. The lowest BCUT2D eigenvalue weighted by Gasteiger charge is -2.55. The van der Waals surface area contributed by atoms with Crippen LogP contribution in [0.3, 0.4) is 0 Å². The van der Waals surface area contributed by atoms with Crippen molar-refractivity contribution in [1.29, 1.82) is 0 Å². The zero-order valence-electron chi connectivity index (χ0n) is 20.3. The third-order valence-electron chi connectivity index (χ3n) is 8.94. The van der Waals surface area contributed by atoms with E-state index in [1.165, 1.54) is 19.3 Å². The molecule has 35 heavy (non-hydrogen) atoms. The number of benzene rings is 2. The monoisotopic (exact) mass is 473 g/mol. The van der Waals surface area contributed by atoms with Crippen molar-refractivity contribution in [2.24, 2.45) is 23.2 Å². The number of hydrogen-bond donors (Lipinski definition) is 2. The SMILES string of the molecule is O=C(c1ccc(CNC(=O)C23CC4CC(CC(C4)C2)C3)cc1)N1CCN(c2cccc(O)c2)CC1. The molecule has 6 nitrogen and oxygen atoms in total. The van der Waals surface area contributed by atoms with Crippen LogP contribution in [0.4, 0.5) is 5.69 Å². The van der Waals surface area contributed by atoms with Gasteiger partial charge < -0.3 is 20.2 Å². The molecule has 0 radical (unpaired) electrons. The van der Waals surface area contributed by atoms with Crippen molar-refractivity contribution in [3.05, 3.63) is 59.7 Å². The molecule has 0 atom stereocenters. The number of hydrogen-bond acceptors (Lipinski definition) is 4. The number of phenols is 1. The van der Waals surface area contributed by atoms with E-state index >= 15 is 0 Å². The van der Waals surface area contributed by atoms with Gasteiger partial charge in [0.05, 0.1) is 0 Å². The minimum atomic E-state index is -0.120. The molecule has 184 valence electrons. The first-order chi connectivity index (χ1) is 17.0. The highest BCUT2D eigenvalue weighted by molar-refractivity contribution is 5.94. The number of nitrogens with zero attached hydrogens (tertiary/aromatic N) is 2. The Labute approximate surface area is 207 Å². The Balaban J connectivity index is 1.02. The molecule has 5 aliphatic rings. The first-order valence-electron chi connectivity index (χ1n) is 13.2. The maximum Gasteiger partial charge on any atom is 0.253 e. The number of amides is 2. The van der Waals surface area contributed by atoms with E-state index in [2.05, 4.69) is 10.2 Å². The quantitative estimate of drug-likeness (QED) is 0.683. The molecule has 2 N–H and O–H groups in total. The van der Waals surface area contributed by atoms with E-state index < -0.39 is 0 Å². The van der Waals surface area contributed by atoms with Crippen LogP contribution in [0.5, 0.6) is 5.75 Å². The number of piperazine rings is 1. The third-order valence-corrected chi connectivity index (χ3v) is 8.94. The Bertz CT molecular complexity index is 1070. The van der Waals surface area contributed by atoms with Crippen LogP contribution in [-0.4, -0.2) is 48.0 Å². The summed E-state index contributed by atoms with van der Waals surface area (Å²) < 4.78 is 0. The van der Waals surface area contributed by atoms with E-state index in [1.54, 1.807) is 12.1 Å². The molecular formula is C29H35N3O3. The van der Waals surface area contributed by atoms with E-state index in [4.69, 9.17) is 0 Å². The molecule has 0 spiro atoms. The van der Waals surface area contributed by atoms with Gasteiger partial charge in [0.1, 0.15) is 5.75 Å². The van der Waals surface area contributed by atoms with Gasteiger partial charge in [0.25, 0.3) is 5.91 Å². The predicted octanol–water partition coefficient (Wildman–Crippen LogP) is 4.19. The Kier molecular flexibility index (Phi) is 5.70. The van der Waals surface area contributed by atoms with Crippen LogP contribution in [0.1, 0.15) is 54.4 Å². The van der Waals surface area contributed by atoms with Crippen LogP contribution in [-0.2, 0) is 11.3 Å². The van der Waals surface area contributed by atoms with Gasteiger partial charge in [0, 0.05) is 55.5 Å². The fourth-order valence-electron chi connectivity index (χ4n) is 7.56. The van der Waals surface area contributed by atoms with Gasteiger partial charge in [-0.3, -0.25) is 9.59 Å². The van der Waals surface area contributed by atoms with Crippen LogP contribution in [0.15, 0.2) is 48.5 Å². The number of anilines is 1. The van der Waals surface area contributed by atoms with Gasteiger partial charge in [-0.1, -0.05) is 18.2 Å². The lowest BCUT2D eigenvalue weighted by molar-refractivity contribution is -0.146. The van der Waals surface area contributed by atoms with Crippen LogP contribution in [0.2, 0.25) is 0 Å². The van der Waals surface area contributed by atoms with Gasteiger partial charge in [-0.05, 0) is 86.1 Å². The fraction of sp³-hybridized carbons (Fsp3) is 0.517. The molecule has 2 aromatic rings. The number of nitrogens with one attached hydrogen (secondary N) is 1. The second kappa shape index (κ2) is 8.89. The number of carbonyl (C=O) groups is 2. The van der Waals surface area contributed by atoms with Gasteiger partial charge in [-0.15, -0.1) is 0 Å². The average molecular weight is 474 g/mol. The highest BCUT2D eigenvalue weighted by atomic mass is 16.3. The molecule has 6 heteroatoms. The molecule has 1 saturated heterocycles. The molecule has 4 saturated carbocycles. The normalized spacial score (nSPS) is 29.3. The summed E-state index contributed by atoms with van der Waals surface area (Å²) in [5.74, 6) is 2.85. The first kappa shape index (κ1) is 22.4. The van der Waals surface area contributed by atoms with Gasteiger partial charge in [-0.2, -0.15) is 0 Å². The van der Waals surface area contributed by atoms with Gasteiger partial charge in [0.15, 0.2) is 0 Å². The molecule has 2 aromatic carbocycles. The van der Waals surface area contributed by atoms with Crippen molar-refractivity contribution in [1.82, 2.24) is 10.2 Å². The molecule has 4 aliphatic carbocycles. The molecule has 2 amide bonds. The molecule has 5 fully saturated rings. The Morgan fingerprint density at radius 2 is 1.51 bits per heavy atom. The van der Waals surface area contributed by atoms with Gasteiger partial charge in [0.2, 0.25) is 5.91 Å². The van der Waals surface area contributed by atoms with Crippen LogP contribution < -0.4 is 10.2 Å². The number of rotatable bonds is 5. The summed E-state index contributed by atoms with van der Waals surface area (Å²) in [6.07, 6.45) is 7.26. The Hall–Kier alpha value is -3.02. The topological polar surface area (TPSA) is 72.9 Å². The first-order valence-corrected chi connectivity index (χ1v) is 13.2. The maximum absolute atomic E-state index is 13.2. The Morgan fingerprint density at radius 1 is 0.886 bits per heavy atom. The molecule has 1 heterocycles. The number of aromatic hydroxyl groups is 1. The molecule has 4 bridgehead atoms. The summed E-state index contributed by atoms with van der Waals surface area (Å²) in [4.78, 5) is 30.3. The van der Waals surface area contributed by atoms with Crippen molar-refractivity contribution in [2.45, 2.75) is 45.1 Å². The molecule has 1 aliphatic heterocycles. The molecular weight excluding hydrogens is 438 g/mol. The highest BCUT2D eigenvalue weighted by Crippen LogP contribution is 2.60. The number of phenolic OH excluding ortho intramolecular Hbond substituents is 1. The molecule has 7 rings (SSSR count). The second-order valence-corrected chi connectivity index (χ2v) is 11.4. The fourth-order valence-corrected chi connectivity index (χ4v) is 7.56. The maximum atomic E-state index is 13.2. The van der Waals surface area contributed by atoms with Crippen molar-refractivity contribution in [3.63, 3.8) is 0 Å². The summed E-state index contributed by atoms with van der Waals surface area (Å²) in [7, 11) is 0. The van der Waals surface area contributed by atoms with E-state index in [-0.39, 0.29) is 23.0 Å².